The minimum atomic E-state index is -2.22. The van der Waals surface area contributed by atoms with E-state index in [-0.39, 0.29) is 6.42 Å². The Morgan fingerprint density at radius 1 is 1.45 bits per heavy atom. The lowest BCUT2D eigenvalue weighted by molar-refractivity contribution is -0.193. The number of hydrogen-bond acceptors (Lipinski definition) is 6. The highest BCUT2D eigenvalue weighted by atomic mass is 19.1. The Kier molecular flexibility index (Phi) is 5.81. The second-order valence-corrected chi connectivity index (χ2v) is 4.67. The van der Waals surface area contributed by atoms with Crippen LogP contribution >= 0.6 is 0 Å². The normalized spacial score (nSPS) is 35.4. The van der Waals surface area contributed by atoms with Gasteiger partial charge in [0.05, 0.1) is 24.9 Å². The molecule has 0 unspecified atom stereocenters. The van der Waals surface area contributed by atoms with Crippen LogP contribution in [0.4, 0.5) is 4.39 Å². The van der Waals surface area contributed by atoms with E-state index in [1.165, 1.54) is 0 Å². The third-order valence-corrected chi connectivity index (χ3v) is 3.03. The van der Waals surface area contributed by atoms with Gasteiger partial charge in [0.15, 0.2) is 12.3 Å². The average molecular weight is 295 g/mol. The molecule has 8 nitrogen and oxygen atoms in total. The Balaban J connectivity index is 2.92. The van der Waals surface area contributed by atoms with E-state index >= 15 is 0 Å². The molecule has 5 N–H and O–H groups in total. The number of amides is 1. The maximum Gasteiger partial charge on any atom is 0.336 e. The predicted molar refractivity (Wildman–Crippen MR) is 62.5 cm³/mol. The first kappa shape index (κ1) is 16.8. The number of carboxylic acids is 1. The molecule has 0 radical (unpaired) electrons. The quantitative estimate of drug-likeness (QED) is 0.388. The van der Waals surface area contributed by atoms with Gasteiger partial charge in [0.25, 0.3) is 0 Å². The number of aliphatic carboxylic acids is 1. The van der Waals surface area contributed by atoms with Gasteiger partial charge in [-0.2, -0.15) is 0 Å². The van der Waals surface area contributed by atoms with Crippen molar-refractivity contribution in [3.63, 3.8) is 0 Å². The van der Waals surface area contributed by atoms with Crippen LogP contribution in [0.5, 0.6) is 0 Å². The Hall–Kier alpha value is -1.29. The smallest absolute Gasteiger partial charge is 0.336 e. The molecular formula is C11H18FNO7. The van der Waals surface area contributed by atoms with Gasteiger partial charge in [0, 0.05) is 13.3 Å². The van der Waals surface area contributed by atoms with Crippen LogP contribution in [-0.2, 0) is 14.3 Å². The van der Waals surface area contributed by atoms with Gasteiger partial charge in [0.1, 0.15) is 6.10 Å². The van der Waals surface area contributed by atoms with Crippen LogP contribution in [0.15, 0.2) is 0 Å². The highest BCUT2D eigenvalue weighted by Gasteiger charge is 2.49. The van der Waals surface area contributed by atoms with Crippen molar-refractivity contribution >= 4 is 11.9 Å². The lowest BCUT2D eigenvalue weighted by atomic mass is 9.90. The number of carboxylic acid groups (broad SMARTS) is 1. The molecule has 0 aromatic heterocycles. The SMILES string of the molecule is CC(=O)N[C@@H]1[C@@H](O)[C@@H](F)[C@@H](C(=O)O)O[C@H]1C[C@H](O)CO. The summed E-state index contributed by atoms with van der Waals surface area (Å²) in [5.41, 5.74) is 0. The lowest BCUT2D eigenvalue weighted by Crippen LogP contribution is -2.64. The number of carbonyl (C=O) groups is 2. The molecule has 0 spiro atoms. The first-order valence-corrected chi connectivity index (χ1v) is 6.04. The van der Waals surface area contributed by atoms with Gasteiger partial charge in [-0.25, -0.2) is 9.18 Å². The summed E-state index contributed by atoms with van der Waals surface area (Å²) < 4.78 is 18.8. The largest absolute Gasteiger partial charge is 0.479 e. The molecule has 1 heterocycles. The van der Waals surface area contributed by atoms with Crippen molar-refractivity contribution in [1.29, 1.82) is 0 Å². The van der Waals surface area contributed by atoms with Crippen molar-refractivity contribution < 1.29 is 39.1 Å². The third kappa shape index (κ3) is 3.85. The minimum absolute atomic E-state index is 0.255. The zero-order valence-electron chi connectivity index (χ0n) is 10.8. The van der Waals surface area contributed by atoms with Crippen LogP contribution < -0.4 is 5.32 Å². The number of carbonyl (C=O) groups excluding carboxylic acids is 1. The Morgan fingerprint density at radius 3 is 2.50 bits per heavy atom. The fourth-order valence-corrected chi connectivity index (χ4v) is 2.10. The molecule has 0 aromatic rings. The van der Waals surface area contributed by atoms with Crippen LogP contribution in [0.25, 0.3) is 0 Å². The molecule has 0 aromatic carbocycles. The maximum absolute atomic E-state index is 13.8. The lowest BCUT2D eigenvalue weighted by Gasteiger charge is -2.41. The molecule has 0 saturated carbocycles. The fraction of sp³-hybridized carbons (Fsp3) is 0.818. The maximum atomic E-state index is 13.8. The summed E-state index contributed by atoms with van der Waals surface area (Å²) in [6.45, 7) is 0.530. The molecule has 0 bridgehead atoms. The van der Waals surface area contributed by atoms with Gasteiger partial charge in [-0.15, -0.1) is 0 Å². The Bertz CT molecular complexity index is 367. The fourth-order valence-electron chi connectivity index (χ4n) is 2.10. The Morgan fingerprint density at radius 2 is 2.05 bits per heavy atom. The van der Waals surface area contributed by atoms with Crippen LogP contribution in [0.1, 0.15) is 13.3 Å². The topological polar surface area (TPSA) is 136 Å². The molecule has 1 aliphatic rings. The highest BCUT2D eigenvalue weighted by molar-refractivity contribution is 5.75. The molecule has 9 heteroatoms. The molecule has 1 saturated heterocycles. The molecule has 1 rings (SSSR count). The van der Waals surface area contributed by atoms with Crippen molar-refractivity contribution in [3.8, 4) is 0 Å². The van der Waals surface area contributed by atoms with Crippen LogP contribution in [0, 0.1) is 0 Å². The van der Waals surface area contributed by atoms with Gasteiger partial charge in [-0.1, -0.05) is 0 Å². The number of halogens is 1. The van der Waals surface area contributed by atoms with Crippen molar-refractivity contribution in [2.24, 2.45) is 0 Å². The number of aliphatic hydroxyl groups is 3. The summed E-state index contributed by atoms with van der Waals surface area (Å²) in [6.07, 6.45) is -8.53. The van der Waals surface area contributed by atoms with E-state index in [0.29, 0.717) is 0 Å². The van der Waals surface area contributed by atoms with Crippen molar-refractivity contribution in [2.45, 2.75) is 50.0 Å². The number of aliphatic hydroxyl groups excluding tert-OH is 3. The van der Waals surface area contributed by atoms with E-state index in [2.05, 4.69) is 5.32 Å². The second kappa shape index (κ2) is 6.93. The van der Waals surface area contributed by atoms with Crippen molar-refractivity contribution in [2.75, 3.05) is 6.61 Å². The summed E-state index contributed by atoms with van der Waals surface area (Å²) >= 11 is 0. The van der Waals surface area contributed by atoms with Crippen LogP contribution in [-0.4, -0.2) is 75.5 Å². The van der Waals surface area contributed by atoms with E-state index in [4.69, 9.17) is 14.9 Å². The zero-order valence-corrected chi connectivity index (χ0v) is 10.8. The average Bonchev–Trinajstić information content (AvgIpc) is 2.37. The number of ether oxygens (including phenoxy) is 1. The van der Waals surface area contributed by atoms with Gasteiger partial charge in [-0.3, -0.25) is 4.79 Å². The number of rotatable bonds is 5. The van der Waals surface area contributed by atoms with Crippen molar-refractivity contribution in [3.05, 3.63) is 0 Å². The summed E-state index contributed by atoms with van der Waals surface area (Å²) in [5.74, 6) is -2.16. The summed E-state index contributed by atoms with van der Waals surface area (Å²) in [6, 6.07) is -1.21. The van der Waals surface area contributed by atoms with Gasteiger partial charge >= 0.3 is 5.97 Å². The minimum Gasteiger partial charge on any atom is -0.479 e. The van der Waals surface area contributed by atoms with E-state index in [1.54, 1.807) is 0 Å². The molecule has 6 atom stereocenters. The predicted octanol–water partition coefficient (Wildman–Crippen LogP) is -2.21. The first-order valence-electron chi connectivity index (χ1n) is 6.04. The molecule has 1 aliphatic heterocycles. The standard InChI is InChI=1S/C11H18FNO7/c1-4(15)13-8-6(2-5(16)3-14)20-10(11(18)19)7(12)9(8)17/h5-10,14,16-17H,2-3H2,1H3,(H,13,15)(H,18,19)/t5-,6-,7+,8-,9-,10-/m0/s1. The van der Waals surface area contributed by atoms with Crippen LogP contribution in [0.3, 0.4) is 0 Å². The van der Waals surface area contributed by atoms with Crippen LogP contribution in [0.2, 0.25) is 0 Å². The summed E-state index contributed by atoms with van der Waals surface area (Å²) in [5, 5.41) is 39.0. The molecule has 116 valence electrons. The van der Waals surface area contributed by atoms with Gasteiger partial charge in [-0.05, 0) is 0 Å². The monoisotopic (exact) mass is 295 g/mol. The molecule has 1 amide bonds. The van der Waals surface area contributed by atoms with E-state index in [9.17, 15) is 24.2 Å². The number of nitrogens with one attached hydrogen (secondary N) is 1. The van der Waals surface area contributed by atoms with Gasteiger partial charge < -0.3 is 30.5 Å². The van der Waals surface area contributed by atoms with Crippen molar-refractivity contribution in [1.82, 2.24) is 5.32 Å². The molecular weight excluding hydrogens is 277 g/mol. The van der Waals surface area contributed by atoms with E-state index < -0.39 is 55.1 Å². The Labute approximate surface area is 114 Å². The van der Waals surface area contributed by atoms with E-state index in [0.717, 1.165) is 6.92 Å². The summed E-state index contributed by atoms with van der Waals surface area (Å²) in [4.78, 5) is 21.9. The number of hydrogen-bond donors (Lipinski definition) is 5. The molecule has 0 aliphatic carbocycles. The molecule has 1 fully saturated rings. The zero-order chi connectivity index (χ0) is 15.4. The first-order chi connectivity index (χ1) is 9.27. The third-order valence-electron chi connectivity index (χ3n) is 3.03. The summed E-state index contributed by atoms with van der Waals surface area (Å²) in [7, 11) is 0. The molecule has 20 heavy (non-hydrogen) atoms. The van der Waals surface area contributed by atoms with Gasteiger partial charge in [0.2, 0.25) is 5.91 Å². The second-order valence-electron chi connectivity index (χ2n) is 4.67. The van der Waals surface area contributed by atoms with E-state index in [1.807, 2.05) is 0 Å². The highest BCUT2D eigenvalue weighted by Crippen LogP contribution is 2.26. The number of alkyl halides is 1.